The molecule has 8 heavy (non-hydrogen) atoms. The van der Waals surface area contributed by atoms with Crippen molar-refractivity contribution in [2.75, 3.05) is 6.79 Å². The number of esters is 1. The summed E-state index contributed by atoms with van der Waals surface area (Å²) in [4.78, 5) is 10.1. The second-order valence-corrected chi connectivity index (χ2v) is 1.13. The molecule has 0 saturated heterocycles. The Kier molecular flexibility index (Phi) is 3.88. The molecule has 3 nitrogen and oxygen atoms in total. The van der Waals surface area contributed by atoms with Crippen LogP contribution in [0.1, 0.15) is 6.42 Å². The molecule has 0 aromatic heterocycles. The summed E-state index contributed by atoms with van der Waals surface area (Å²) in [6.45, 7) is 2.48. The average Bonchev–Trinajstić information content (AvgIpc) is 1.68. The van der Waals surface area contributed by atoms with Gasteiger partial charge in [0.1, 0.15) is 0 Å². The highest BCUT2D eigenvalue weighted by atomic mass is 16.6. The fraction of sp³-hybridized carbons (Fsp3) is 0.400. The third-order valence-electron chi connectivity index (χ3n) is 0.531. The summed E-state index contributed by atoms with van der Waals surface area (Å²) in [5.74, 6) is -0.519. The van der Waals surface area contributed by atoms with Gasteiger partial charge in [-0.25, -0.2) is 0 Å². The molecule has 0 aliphatic heterocycles. The van der Waals surface area contributed by atoms with Crippen molar-refractivity contribution in [3.05, 3.63) is 12.7 Å². The van der Waals surface area contributed by atoms with Gasteiger partial charge in [0.05, 0.1) is 6.42 Å². The van der Waals surface area contributed by atoms with E-state index in [-0.39, 0.29) is 6.42 Å². The maximum Gasteiger partial charge on any atom is 0.311 e. The molecule has 0 amide bonds. The van der Waals surface area contributed by atoms with Crippen LogP contribution in [0.2, 0.25) is 0 Å². The van der Waals surface area contributed by atoms with Gasteiger partial charge in [0.15, 0.2) is 0 Å². The highest BCUT2D eigenvalue weighted by Crippen LogP contribution is 1.83. The number of hydrogen-bond donors (Lipinski definition) is 0. The SMILES string of the molecule is C=CCC(=O)OC[O]. The Morgan fingerprint density at radius 3 is 2.75 bits per heavy atom. The lowest BCUT2D eigenvalue weighted by Crippen LogP contribution is -2.01. The van der Waals surface area contributed by atoms with Gasteiger partial charge in [0.25, 0.3) is 0 Å². The van der Waals surface area contributed by atoms with Gasteiger partial charge in [0.2, 0.25) is 6.79 Å². The molecular weight excluding hydrogens is 108 g/mol. The van der Waals surface area contributed by atoms with Crippen molar-refractivity contribution < 1.29 is 14.6 Å². The van der Waals surface area contributed by atoms with Crippen LogP contribution in [0.15, 0.2) is 12.7 Å². The van der Waals surface area contributed by atoms with Gasteiger partial charge in [-0.15, -0.1) is 6.58 Å². The summed E-state index contributed by atoms with van der Waals surface area (Å²) in [6, 6.07) is 0. The van der Waals surface area contributed by atoms with Gasteiger partial charge in [0, 0.05) is 0 Å². The molecule has 0 unspecified atom stereocenters. The lowest BCUT2D eigenvalue weighted by Gasteiger charge is -1.92. The molecule has 3 heteroatoms. The minimum Gasteiger partial charge on any atom is -0.435 e. The molecule has 1 radical (unpaired) electrons. The predicted octanol–water partition coefficient (Wildman–Crippen LogP) is 0.494. The highest BCUT2D eigenvalue weighted by molar-refractivity contribution is 5.70. The van der Waals surface area contributed by atoms with E-state index in [2.05, 4.69) is 11.3 Å². The normalized spacial score (nSPS) is 8.12. The summed E-state index contributed by atoms with van der Waals surface area (Å²) in [7, 11) is 0. The van der Waals surface area contributed by atoms with E-state index in [1.165, 1.54) is 6.08 Å². The van der Waals surface area contributed by atoms with Crippen molar-refractivity contribution in [2.45, 2.75) is 6.42 Å². The van der Waals surface area contributed by atoms with E-state index >= 15 is 0 Å². The maximum absolute atomic E-state index is 10.1. The third kappa shape index (κ3) is 3.36. The molecule has 0 rings (SSSR count). The van der Waals surface area contributed by atoms with Crippen LogP contribution in [0, 0.1) is 0 Å². The number of hydrogen-bond acceptors (Lipinski definition) is 2. The van der Waals surface area contributed by atoms with Crippen LogP contribution < -0.4 is 0 Å². The van der Waals surface area contributed by atoms with Crippen LogP contribution in [0.25, 0.3) is 0 Å². The topological polar surface area (TPSA) is 46.2 Å². The number of rotatable bonds is 3. The van der Waals surface area contributed by atoms with Gasteiger partial charge in [-0.05, 0) is 0 Å². The Bertz CT molecular complexity index is 87.7. The Balaban J connectivity index is 3.18. The van der Waals surface area contributed by atoms with Crippen LogP contribution >= 0.6 is 0 Å². The first-order valence-electron chi connectivity index (χ1n) is 2.16. The monoisotopic (exact) mass is 115 g/mol. The molecular formula is C5H7O3. The molecule has 0 heterocycles. The number of ether oxygens (including phenoxy) is 1. The standard InChI is InChI=1S/C5H7O3/c1-2-3-5(7)8-4-6/h2H,1,3-4H2. The van der Waals surface area contributed by atoms with E-state index in [0.717, 1.165) is 0 Å². The lowest BCUT2D eigenvalue weighted by atomic mass is 10.4. The Labute approximate surface area is 47.6 Å². The Morgan fingerprint density at radius 2 is 2.38 bits per heavy atom. The molecule has 45 valence electrons. The largest absolute Gasteiger partial charge is 0.435 e. The minimum atomic E-state index is -0.799. The van der Waals surface area contributed by atoms with Crippen molar-refractivity contribution in [2.24, 2.45) is 0 Å². The quantitative estimate of drug-likeness (QED) is 0.305. The highest BCUT2D eigenvalue weighted by Gasteiger charge is 1.94. The van der Waals surface area contributed by atoms with Crippen molar-refractivity contribution in [1.82, 2.24) is 0 Å². The molecule has 0 aliphatic carbocycles. The number of carbonyl (C=O) groups excluding carboxylic acids is 1. The van der Waals surface area contributed by atoms with Gasteiger partial charge < -0.3 is 4.74 Å². The first-order valence-corrected chi connectivity index (χ1v) is 2.16. The van der Waals surface area contributed by atoms with Crippen LogP contribution in [0.3, 0.4) is 0 Å². The van der Waals surface area contributed by atoms with Crippen molar-refractivity contribution in [3.63, 3.8) is 0 Å². The molecule has 0 aromatic rings. The summed E-state index contributed by atoms with van der Waals surface area (Å²) in [6.07, 6.45) is 1.50. The van der Waals surface area contributed by atoms with Gasteiger partial charge in [-0.2, -0.15) is 5.11 Å². The van der Waals surface area contributed by atoms with E-state index in [9.17, 15) is 9.90 Å². The molecule has 0 fully saturated rings. The van der Waals surface area contributed by atoms with Crippen molar-refractivity contribution in [1.29, 1.82) is 0 Å². The number of carbonyl (C=O) groups is 1. The second-order valence-electron chi connectivity index (χ2n) is 1.13. The summed E-state index contributed by atoms with van der Waals surface area (Å²) >= 11 is 0. The van der Waals surface area contributed by atoms with Crippen LogP contribution in [0.4, 0.5) is 0 Å². The zero-order chi connectivity index (χ0) is 6.41. The second kappa shape index (κ2) is 4.33. The van der Waals surface area contributed by atoms with Gasteiger partial charge in [-0.3, -0.25) is 4.79 Å². The fourth-order valence-electron chi connectivity index (χ4n) is 0.242. The molecule has 0 saturated carbocycles. The van der Waals surface area contributed by atoms with E-state index in [4.69, 9.17) is 0 Å². The molecule has 0 spiro atoms. The zero-order valence-corrected chi connectivity index (χ0v) is 4.42. The van der Waals surface area contributed by atoms with E-state index in [1.54, 1.807) is 0 Å². The minimum absolute atomic E-state index is 0.113. The summed E-state index contributed by atoms with van der Waals surface area (Å²) in [5, 5.41) is 9.54. The third-order valence-corrected chi connectivity index (χ3v) is 0.531. The van der Waals surface area contributed by atoms with Gasteiger partial charge in [-0.1, -0.05) is 6.08 Å². The van der Waals surface area contributed by atoms with Crippen LogP contribution in [-0.4, -0.2) is 12.8 Å². The molecule has 0 N–H and O–H groups in total. The first kappa shape index (κ1) is 7.17. The Morgan fingerprint density at radius 1 is 1.75 bits per heavy atom. The summed E-state index contributed by atoms with van der Waals surface area (Å²) < 4.78 is 4.02. The van der Waals surface area contributed by atoms with Crippen molar-refractivity contribution in [3.8, 4) is 0 Å². The van der Waals surface area contributed by atoms with E-state index in [1.807, 2.05) is 0 Å². The van der Waals surface area contributed by atoms with Crippen molar-refractivity contribution >= 4 is 5.97 Å². The van der Waals surface area contributed by atoms with E-state index in [0.29, 0.717) is 0 Å². The molecule has 0 atom stereocenters. The smallest absolute Gasteiger partial charge is 0.311 e. The molecule has 0 aromatic carbocycles. The van der Waals surface area contributed by atoms with Gasteiger partial charge >= 0.3 is 5.97 Å². The van der Waals surface area contributed by atoms with Crippen LogP contribution in [0.5, 0.6) is 0 Å². The summed E-state index contributed by atoms with van der Waals surface area (Å²) in [5.41, 5.74) is 0. The van der Waals surface area contributed by atoms with E-state index < -0.39 is 12.8 Å². The zero-order valence-electron chi connectivity index (χ0n) is 4.42. The lowest BCUT2D eigenvalue weighted by molar-refractivity contribution is -0.154. The average molecular weight is 115 g/mol. The first-order chi connectivity index (χ1) is 3.81. The molecule has 0 aliphatic rings. The maximum atomic E-state index is 10.1. The predicted molar refractivity (Wildman–Crippen MR) is 26.5 cm³/mol. The Hall–Kier alpha value is -0.830. The van der Waals surface area contributed by atoms with Crippen LogP contribution in [-0.2, 0) is 14.6 Å². The molecule has 0 bridgehead atoms. The fourth-order valence-corrected chi connectivity index (χ4v) is 0.242.